The second-order valence-corrected chi connectivity index (χ2v) is 2.53. The summed E-state index contributed by atoms with van der Waals surface area (Å²) in [5.41, 5.74) is 0. The van der Waals surface area contributed by atoms with Gasteiger partial charge in [0.25, 0.3) is 0 Å². The predicted octanol–water partition coefficient (Wildman–Crippen LogP) is 0.895. The Morgan fingerprint density at radius 2 is 1.43 bits per heavy atom. The molecule has 0 fully saturated rings. The Morgan fingerprint density at radius 3 is 1.71 bits per heavy atom. The average Bonchev–Trinajstić information content (AvgIpc) is 2.22. The van der Waals surface area contributed by atoms with Gasteiger partial charge in [-0.25, -0.2) is 9.59 Å². The standard InChI is InChI=1S/C10H13O4/c1-4-9(11)13-6-8(3)7-14-10(12)5-2/h4-5,8H,1-3,6-7H2. The van der Waals surface area contributed by atoms with E-state index in [0.717, 1.165) is 12.2 Å². The second kappa shape index (κ2) is 6.88. The van der Waals surface area contributed by atoms with Crippen LogP contribution in [0.4, 0.5) is 0 Å². The molecule has 0 saturated carbocycles. The molecule has 0 atom stereocenters. The minimum Gasteiger partial charge on any atom is -0.462 e. The summed E-state index contributed by atoms with van der Waals surface area (Å²) in [7, 11) is 0. The molecule has 0 heterocycles. The quantitative estimate of drug-likeness (QED) is 0.469. The number of esters is 2. The van der Waals surface area contributed by atoms with Gasteiger partial charge < -0.3 is 9.47 Å². The van der Waals surface area contributed by atoms with Crippen molar-refractivity contribution in [1.82, 2.24) is 0 Å². The van der Waals surface area contributed by atoms with Gasteiger partial charge in [-0.1, -0.05) is 13.2 Å². The monoisotopic (exact) mass is 197 g/mol. The molecule has 0 aliphatic heterocycles. The first-order chi connectivity index (χ1) is 6.60. The van der Waals surface area contributed by atoms with E-state index in [4.69, 9.17) is 0 Å². The summed E-state index contributed by atoms with van der Waals surface area (Å²) in [6.07, 6.45) is 2.12. The second-order valence-electron chi connectivity index (χ2n) is 2.53. The van der Waals surface area contributed by atoms with Gasteiger partial charge in [-0.3, -0.25) is 0 Å². The minimum absolute atomic E-state index is 0.0925. The average molecular weight is 197 g/mol. The number of hydrogen-bond donors (Lipinski definition) is 0. The summed E-state index contributed by atoms with van der Waals surface area (Å²) >= 11 is 0. The van der Waals surface area contributed by atoms with E-state index in [1.165, 1.54) is 0 Å². The van der Waals surface area contributed by atoms with Gasteiger partial charge in [-0.05, 0) is 6.92 Å². The maximum absolute atomic E-state index is 10.6. The van der Waals surface area contributed by atoms with Crippen LogP contribution in [0.5, 0.6) is 0 Å². The highest BCUT2D eigenvalue weighted by Crippen LogP contribution is 1.97. The van der Waals surface area contributed by atoms with E-state index in [9.17, 15) is 9.59 Å². The van der Waals surface area contributed by atoms with E-state index >= 15 is 0 Å². The number of hydrogen-bond acceptors (Lipinski definition) is 4. The highest BCUT2D eigenvalue weighted by Gasteiger charge is 2.07. The van der Waals surface area contributed by atoms with Crippen LogP contribution in [-0.4, -0.2) is 25.2 Å². The number of rotatable bonds is 6. The molecular formula is C10H13O4. The molecule has 0 aromatic carbocycles. The van der Waals surface area contributed by atoms with Gasteiger partial charge in [0.1, 0.15) is 0 Å². The van der Waals surface area contributed by atoms with E-state index in [0.29, 0.717) is 0 Å². The van der Waals surface area contributed by atoms with Crippen LogP contribution < -0.4 is 0 Å². The molecule has 0 N–H and O–H groups in total. The zero-order valence-electron chi connectivity index (χ0n) is 7.90. The van der Waals surface area contributed by atoms with Gasteiger partial charge in [0.2, 0.25) is 0 Å². The molecule has 0 aromatic heterocycles. The first-order valence-corrected chi connectivity index (χ1v) is 4.01. The molecule has 1 radical (unpaired) electrons. The molecule has 0 rings (SSSR count). The molecule has 0 unspecified atom stereocenters. The Balaban J connectivity index is 3.60. The van der Waals surface area contributed by atoms with E-state index in [-0.39, 0.29) is 19.1 Å². The first kappa shape index (κ1) is 12.4. The molecule has 0 bridgehead atoms. The molecule has 4 nitrogen and oxygen atoms in total. The van der Waals surface area contributed by atoms with Gasteiger partial charge >= 0.3 is 11.9 Å². The van der Waals surface area contributed by atoms with Gasteiger partial charge in [0.15, 0.2) is 0 Å². The molecule has 0 aliphatic rings. The molecule has 0 amide bonds. The zero-order chi connectivity index (χ0) is 11.0. The Bertz CT molecular complexity index is 208. The summed E-state index contributed by atoms with van der Waals surface area (Å²) in [6, 6.07) is 0. The summed E-state index contributed by atoms with van der Waals surface area (Å²) < 4.78 is 9.36. The zero-order valence-corrected chi connectivity index (χ0v) is 7.90. The highest BCUT2D eigenvalue weighted by atomic mass is 16.5. The lowest BCUT2D eigenvalue weighted by Gasteiger charge is -2.10. The first-order valence-electron chi connectivity index (χ1n) is 4.01. The summed E-state index contributed by atoms with van der Waals surface area (Å²) in [6.45, 7) is 10.3. The molecule has 0 aromatic rings. The Kier molecular flexibility index (Phi) is 6.11. The Hall–Kier alpha value is -1.58. The van der Waals surface area contributed by atoms with Crippen LogP contribution in [0.3, 0.4) is 0 Å². The largest absolute Gasteiger partial charge is 0.462 e. The molecule has 77 valence electrons. The van der Waals surface area contributed by atoms with Crippen molar-refractivity contribution in [2.75, 3.05) is 13.2 Å². The number of carbonyl (C=O) groups excluding carboxylic acids is 2. The van der Waals surface area contributed by atoms with Crippen molar-refractivity contribution in [3.8, 4) is 0 Å². The third-order valence-corrected chi connectivity index (χ3v) is 1.26. The van der Waals surface area contributed by atoms with E-state index < -0.39 is 11.9 Å². The lowest BCUT2D eigenvalue weighted by atomic mass is 10.2. The number of carbonyl (C=O) groups is 2. The third kappa shape index (κ3) is 5.99. The van der Waals surface area contributed by atoms with Crippen molar-refractivity contribution in [2.24, 2.45) is 5.92 Å². The molecular weight excluding hydrogens is 184 g/mol. The third-order valence-electron chi connectivity index (χ3n) is 1.26. The lowest BCUT2D eigenvalue weighted by Crippen LogP contribution is -2.17. The van der Waals surface area contributed by atoms with Crippen molar-refractivity contribution in [3.63, 3.8) is 0 Å². The molecule has 4 heteroatoms. The fourth-order valence-electron chi connectivity index (χ4n) is 0.566. The lowest BCUT2D eigenvalue weighted by molar-refractivity contribution is -0.141. The van der Waals surface area contributed by atoms with Gasteiger partial charge in [-0.15, -0.1) is 0 Å². The van der Waals surface area contributed by atoms with E-state index in [2.05, 4.69) is 29.6 Å². The highest BCUT2D eigenvalue weighted by molar-refractivity contribution is 5.81. The van der Waals surface area contributed by atoms with Gasteiger partial charge in [0, 0.05) is 18.1 Å². The molecule has 14 heavy (non-hydrogen) atoms. The Labute approximate surface area is 83.2 Å². The van der Waals surface area contributed by atoms with Crippen LogP contribution in [0.1, 0.15) is 0 Å². The van der Waals surface area contributed by atoms with Gasteiger partial charge in [-0.2, -0.15) is 0 Å². The smallest absolute Gasteiger partial charge is 0.330 e. The van der Waals surface area contributed by atoms with E-state index in [1.54, 1.807) is 0 Å². The summed E-state index contributed by atoms with van der Waals surface area (Å²) in [5.74, 6) is -1.33. The van der Waals surface area contributed by atoms with Crippen LogP contribution in [0, 0.1) is 12.8 Å². The number of ether oxygens (including phenoxy) is 2. The molecule has 0 saturated heterocycles. The van der Waals surface area contributed by atoms with Crippen molar-refractivity contribution < 1.29 is 19.1 Å². The normalized spacial score (nSPS) is 9.29. The van der Waals surface area contributed by atoms with Crippen LogP contribution >= 0.6 is 0 Å². The summed E-state index contributed by atoms with van der Waals surface area (Å²) in [4.78, 5) is 21.2. The van der Waals surface area contributed by atoms with Crippen molar-refractivity contribution in [3.05, 3.63) is 32.2 Å². The topological polar surface area (TPSA) is 52.6 Å². The predicted molar refractivity (Wildman–Crippen MR) is 51.2 cm³/mol. The van der Waals surface area contributed by atoms with Crippen LogP contribution in [0.15, 0.2) is 25.3 Å². The SMILES string of the molecule is [CH2]C(COC(=O)C=C)COC(=O)C=C. The summed E-state index contributed by atoms with van der Waals surface area (Å²) in [5, 5.41) is 0. The van der Waals surface area contributed by atoms with Crippen LogP contribution in [0.2, 0.25) is 0 Å². The fourth-order valence-corrected chi connectivity index (χ4v) is 0.566. The maximum Gasteiger partial charge on any atom is 0.330 e. The van der Waals surface area contributed by atoms with Crippen LogP contribution in [-0.2, 0) is 19.1 Å². The van der Waals surface area contributed by atoms with E-state index in [1.807, 2.05) is 0 Å². The van der Waals surface area contributed by atoms with Crippen molar-refractivity contribution in [1.29, 1.82) is 0 Å². The fraction of sp³-hybridized carbons (Fsp3) is 0.300. The van der Waals surface area contributed by atoms with Crippen molar-refractivity contribution in [2.45, 2.75) is 0 Å². The van der Waals surface area contributed by atoms with Crippen LogP contribution in [0.25, 0.3) is 0 Å². The van der Waals surface area contributed by atoms with Crippen molar-refractivity contribution >= 4 is 11.9 Å². The van der Waals surface area contributed by atoms with Gasteiger partial charge in [0.05, 0.1) is 13.2 Å². The molecule has 0 aliphatic carbocycles. The minimum atomic E-state index is -0.520. The Morgan fingerprint density at radius 1 is 1.07 bits per heavy atom. The maximum atomic E-state index is 10.6. The molecule has 0 spiro atoms.